The van der Waals surface area contributed by atoms with E-state index in [0.717, 1.165) is 12.1 Å². The highest BCUT2D eigenvalue weighted by molar-refractivity contribution is 6.45. The Hall–Kier alpha value is -1.04. The van der Waals surface area contributed by atoms with Crippen LogP contribution in [0.4, 0.5) is 5.69 Å². The van der Waals surface area contributed by atoms with E-state index in [1.165, 1.54) is 0 Å². The predicted molar refractivity (Wildman–Crippen MR) is 82.5 cm³/mol. The van der Waals surface area contributed by atoms with Crippen molar-refractivity contribution in [1.82, 2.24) is 5.43 Å². The Morgan fingerprint density at radius 3 is 2.55 bits per heavy atom. The molecule has 8 heteroatoms. The van der Waals surface area contributed by atoms with Crippen LogP contribution >= 0.6 is 34.8 Å². The fraction of sp³-hybridized carbons (Fsp3) is 0.417. The number of carbonyl (C=O) groups excluding carboxylic acids is 1. The molecule has 5 nitrogen and oxygen atoms in total. The molecule has 4 N–H and O–H groups in total. The van der Waals surface area contributed by atoms with Crippen LogP contribution in [0.15, 0.2) is 5.10 Å². The van der Waals surface area contributed by atoms with Crippen molar-refractivity contribution in [3.63, 3.8) is 0 Å². The van der Waals surface area contributed by atoms with Gasteiger partial charge in [0.15, 0.2) is 0 Å². The van der Waals surface area contributed by atoms with Crippen LogP contribution < -0.4 is 16.1 Å². The Bertz CT molecular complexity index is 560. The number of aromatic nitrogens is 1. The second-order valence-electron chi connectivity index (χ2n) is 4.36. The molecule has 0 spiro atoms. The number of nitrogen functional groups attached to an aromatic ring is 1. The third-order valence-electron chi connectivity index (χ3n) is 3.01. The van der Waals surface area contributed by atoms with Gasteiger partial charge in [-0.1, -0.05) is 37.0 Å². The first-order valence-corrected chi connectivity index (χ1v) is 7.12. The van der Waals surface area contributed by atoms with E-state index >= 15 is 0 Å². The van der Waals surface area contributed by atoms with Gasteiger partial charge in [0.05, 0.1) is 5.69 Å². The molecule has 20 heavy (non-hydrogen) atoms. The van der Waals surface area contributed by atoms with Gasteiger partial charge < -0.3 is 5.73 Å². The second kappa shape index (κ2) is 7.11. The zero-order chi connectivity index (χ0) is 15.4. The molecule has 0 fully saturated rings. The summed E-state index contributed by atoms with van der Waals surface area (Å²) in [5.41, 5.74) is 8.94. The van der Waals surface area contributed by atoms with Crippen LogP contribution in [0.1, 0.15) is 37.7 Å². The summed E-state index contributed by atoms with van der Waals surface area (Å²) in [5.74, 6) is -0.267. The quantitative estimate of drug-likeness (QED) is 0.502. The summed E-state index contributed by atoms with van der Waals surface area (Å²) >= 11 is 17.6. The van der Waals surface area contributed by atoms with E-state index in [2.05, 4.69) is 15.5 Å². The molecule has 0 unspecified atom stereocenters. The maximum atomic E-state index is 12.0. The maximum absolute atomic E-state index is 12.0. The lowest BCUT2D eigenvalue weighted by Gasteiger charge is -2.07. The van der Waals surface area contributed by atoms with Crippen LogP contribution in [0.3, 0.4) is 0 Å². The van der Waals surface area contributed by atoms with E-state index in [-0.39, 0.29) is 32.5 Å². The smallest absolute Gasteiger partial charge is 0.337 e. The summed E-state index contributed by atoms with van der Waals surface area (Å²) in [4.78, 5) is 14.6. The van der Waals surface area contributed by atoms with Gasteiger partial charge in [-0.25, -0.2) is 5.43 Å². The third kappa shape index (κ3) is 3.75. The van der Waals surface area contributed by atoms with Gasteiger partial charge in [-0.15, -0.1) is 0 Å². The number of amides is 1. The number of anilines is 1. The summed E-state index contributed by atoms with van der Waals surface area (Å²) in [6.45, 7) is 5.89. The van der Waals surface area contributed by atoms with Crippen LogP contribution in [0, 0.1) is 5.92 Å². The van der Waals surface area contributed by atoms with Crippen LogP contribution in [0.25, 0.3) is 0 Å². The monoisotopic (exact) mass is 337 g/mol. The Morgan fingerprint density at radius 2 is 2.00 bits per heavy atom. The Balaban J connectivity index is 3.00. The van der Waals surface area contributed by atoms with Crippen molar-refractivity contribution < 1.29 is 9.78 Å². The largest absolute Gasteiger partial charge is 0.396 e. The lowest BCUT2D eigenvalue weighted by Crippen LogP contribution is -2.29. The number of hydrogen-bond acceptors (Lipinski definition) is 3. The van der Waals surface area contributed by atoms with Crippen molar-refractivity contribution >= 4 is 52.1 Å². The maximum Gasteiger partial charge on any atom is 0.337 e. The number of rotatable bonds is 4. The lowest BCUT2D eigenvalue weighted by atomic mass is 10.1. The molecule has 1 heterocycles. The number of hydrazone groups is 1. The Morgan fingerprint density at radius 1 is 1.40 bits per heavy atom. The number of pyridine rings is 1. The number of halogens is 3. The molecule has 0 saturated heterocycles. The third-order valence-corrected chi connectivity index (χ3v) is 4.17. The number of nitrogens with two attached hydrogens (primary N) is 1. The van der Waals surface area contributed by atoms with Gasteiger partial charge in [-0.05, 0) is 30.9 Å². The lowest BCUT2D eigenvalue weighted by molar-refractivity contribution is -0.379. The average Bonchev–Trinajstić information content (AvgIpc) is 2.44. The molecule has 0 saturated carbocycles. The van der Waals surface area contributed by atoms with Crippen molar-refractivity contribution in [2.75, 3.05) is 5.73 Å². The van der Waals surface area contributed by atoms with Crippen LogP contribution in [-0.4, -0.2) is 11.6 Å². The van der Waals surface area contributed by atoms with Crippen LogP contribution in [-0.2, 0) is 0 Å². The second-order valence-corrected chi connectivity index (χ2v) is 5.49. The summed E-state index contributed by atoms with van der Waals surface area (Å²) in [6.07, 6.45) is 0.928. The molecule has 1 atom stereocenters. The number of hydrogen-bond donors (Lipinski definition) is 2. The van der Waals surface area contributed by atoms with Crippen molar-refractivity contribution in [3.05, 3.63) is 20.9 Å². The van der Waals surface area contributed by atoms with Gasteiger partial charge in [0, 0.05) is 5.71 Å². The van der Waals surface area contributed by atoms with Gasteiger partial charge in [0.25, 0.3) is 10.8 Å². The van der Waals surface area contributed by atoms with Gasteiger partial charge in [-0.2, -0.15) is 10.1 Å². The molecular formula is C12H16Cl3N4O+. The number of H-pyrrole nitrogens is 1. The number of carbonyl (C=O) groups is 1. The Kier molecular flexibility index (Phi) is 6.05. The molecule has 1 aromatic rings. The molecule has 1 amide bonds. The van der Waals surface area contributed by atoms with E-state index < -0.39 is 5.91 Å². The molecule has 0 radical (unpaired) electrons. The molecular weight excluding hydrogens is 323 g/mol. The molecule has 0 bridgehead atoms. The molecule has 0 aliphatic rings. The van der Waals surface area contributed by atoms with Crippen molar-refractivity contribution in [3.8, 4) is 0 Å². The van der Waals surface area contributed by atoms with Crippen LogP contribution in [0.2, 0.25) is 15.2 Å². The Labute approximate surface area is 132 Å². The van der Waals surface area contributed by atoms with Gasteiger partial charge in [-0.3, -0.25) is 4.79 Å². The standard InChI is InChI=1S/C12H15Cl3N4O/c1-4-5(2)6(3)18-19-12(20)10-7(13)9(16)8(14)11(15)17-10/h5H,4H2,1-3H3,(H2,16,17)(H,19,20)/p+1/b18-6-/t5-/m0/s1. The first-order chi connectivity index (χ1) is 9.29. The topological polar surface area (TPSA) is 81.6 Å². The molecule has 0 aliphatic heterocycles. The fourth-order valence-corrected chi connectivity index (χ4v) is 1.94. The average molecular weight is 339 g/mol. The normalized spacial score (nSPS) is 13.2. The summed E-state index contributed by atoms with van der Waals surface area (Å²) in [7, 11) is 0. The van der Waals surface area contributed by atoms with Gasteiger partial charge >= 0.3 is 5.91 Å². The molecule has 1 rings (SSSR count). The van der Waals surface area contributed by atoms with E-state index in [0.29, 0.717) is 0 Å². The summed E-state index contributed by atoms with van der Waals surface area (Å²) < 4.78 is 0. The minimum absolute atomic E-state index is 0.00768. The first kappa shape index (κ1) is 17.0. The van der Waals surface area contributed by atoms with E-state index in [1.807, 2.05) is 20.8 Å². The van der Waals surface area contributed by atoms with Crippen LogP contribution in [0.5, 0.6) is 0 Å². The SMILES string of the molecule is CC[C@H](C)/C(C)=N\NC(=O)c1[nH+]c(Cl)c(Cl)c(N)c1Cl. The molecule has 1 aromatic heterocycles. The highest BCUT2D eigenvalue weighted by atomic mass is 35.5. The predicted octanol–water partition coefficient (Wildman–Crippen LogP) is 3.19. The van der Waals surface area contributed by atoms with E-state index in [4.69, 9.17) is 40.5 Å². The van der Waals surface area contributed by atoms with E-state index in [9.17, 15) is 4.79 Å². The first-order valence-electron chi connectivity index (χ1n) is 5.99. The zero-order valence-electron chi connectivity index (χ0n) is 11.4. The number of aromatic amines is 1. The van der Waals surface area contributed by atoms with Crippen molar-refractivity contribution in [2.24, 2.45) is 11.0 Å². The molecule has 0 aliphatic carbocycles. The van der Waals surface area contributed by atoms with Crippen molar-refractivity contribution in [2.45, 2.75) is 27.2 Å². The number of nitrogens with zero attached hydrogens (tertiary/aromatic N) is 1. The minimum atomic E-state index is -0.539. The minimum Gasteiger partial charge on any atom is -0.396 e. The zero-order valence-corrected chi connectivity index (χ0v) is 13.6. The van der Waals surface area contributed by atoms with Gasteiger partial charge in [0.2, 0.25) is 0 Å². The van der Waals surface area contributed by atoms with Crippen molar-refractivity contribution in [1.29, 1.82) is 0 Å². The van der Waals surface area contributed by atoms with E-state index in [1.54, 1.807) is 0 Å². The number of nitrogens with one attached hydrogen (secondary N) is 2. The molecule has 0 aromatic carbocycles. The highest BCUT2D eigenvalue weighted by Gasteiger charge is 2.26. The summed E-state index contributed by atoms with van der Waals surface area (Å²) in [5, 5.41) is 4.14. The van der Waals surface area contributed by atoms with Gasteiger partial charge in [0.1, 0.15) is 10.0 Å². The summed E-state index contributed by atoms with van der Waals surface area (Å²) in [6, 6.07) is 0. The molecule has 110 valence electrons. The highest BCUT2D eigenvalue weighted by Crippen LogP contribution is 2.31. The fourth-order valence-electron chi connectivity index (χ4n) is 1.33.